The van der Waals surface area contributed by atoms with Crippen LogP contribution >= 0.6 is 11.6 Å². The first kappa shape index (κ1) is 30.6. The first-order valence-corrected chi connectivity index (χ1v) is 17.5. The van der Waals surface area contributed by atoms with Gasteiger partial charge in [0.1, 0.15) is 0 Å². The number of fused-ring (bicyclic) bond motifs is 2. The van der Waals surface area contributed by atoms with Crippen molar-refractivity contribution in [3.63, 3.8) is 0 Å². The predicted octanol–water partition coefficient (Wildman–Crippen LogP) is 6.37. The Bertz CT molecular complexity index is 1290. The molecule has 4 rings (SSSR count). The molecule has 2 aromatic rings. The third-order valence-electron chi connectivity index (χ3n) is 8.23. The molecule has 4 atom stereocenters. The molecule has 1 saturated heterocycles. The Morgan fingerprint density at radius 1 is 1.27 bits per heavy atom. The van der Waals surface area contributed by atoms with Gasteiger partial charge in [-0.15, -0.1) is 5.10 Å². The van der Waals surface area contributed by atoms with Gasteiger partial charge in [-0.3, -0.25) is 9.48 Å². The van der Waals surface area contributed by atoms with Crippen LogP contribution in [0.25, 0.3) is 0 Å². The van der Waals surface area contributed by atoms with E-state index in [0.717, 1.165) is 24.1 Å². The zero-order valence-corrected chi connectivity index (χ0v) is 26.2. The van der Waals surface area contributed by atoms with Crippen LogP contribution in [0.4, 0.5) is 9.80 Å². The van der Waals surface area contributed by atoms with Gasteiger partial charge in [0.05, 0.1) is 17.5 Å². The fourth-order valence-corrected chi connectivity index (χ4v) is 9.06. The van der Waals surface area contributed by atoms with E-state index in [4.69, 9.17) is 16.3 Å². The van der Waals surface area contributed by atoms with Gasteiger partial charge in [0.15, 0.2) is 5.60 Å². The minimum absolute atomic E-state index is 0.00106. The summed E-state index contributed by atoms with van der Waals surface area (Å²) in [7, 11) is -3.26. The van der Waals surface area contributed by atoms with E-state index in [1.807, 2.05) is 19.1 Å². The van der Waals surface area contributed by atoms with Gasteiger partial charge in [-0.25, -0.2) is 0 Å². The van der Waals surface area contributed by atoms with E-state index in [9.17, 15) is 9.90 Å². The van der Waals surface area contributed by atoms with Crippen molar-refractivity contribution in [1.82, 2.24) is 15.0 Å². The molecule has 40 heavy (non-hydrogen) atoms. The lowest BCUT2D eigenvalue weighted by atomic mass is 9.82. The van der Waals surface area contributed by atoms with Crippen LogP contribution in [0.15, 0.2) is 47.7 Å². The van der Waals surface area contributed by atoms with Crippen molar-refractivity contribution in [1.29, 1.82) is 0 Å². The number of hydrogen-bond donors (Lipinski definition) is 1. The largest absolute Gasteiger partial charge is 0.396 e. The Morgan fingerprint density at radius 2 is 2.02 bits per heavy atom. The summed E-state index contributed by atoms with van der Waals surface area (Å²) < 4.78 is 24.5. The molecule has 10 heteroatoms. The van der Waals surface area contributed by atoms with Crippen LogP contribution in [0.2, 0.25) is 23.7 Å². The number of amides is 1. The number of hydrogen-bond acceptors (Lipinski definition) is 5. The van der Waals surface area contributed by atoms with Crippen LogP contribution in [0, 0.1) is 5.92 Å². The average Bonchev–Trinajstić information content (AvgIpc) is 3.51. The molecule has 0 saturated carbocycles. The van der Waals surface area contributed by atoms with Crippen LogP contribution in [0.5, 0.6) is 0 Å². The van der Waals surface area contributed by atoms with Crippen molar-refractivity contribution in [2.75, 3.05) is 18.1 Å². The van der Waals surface area contributed by atoms with Crippen molar-refractivity contribution in [2.45, 2.75) is 90.3 Å². The molecule has 1 amide bonds. The van der Waals surface area contributed by atoms with E-state index in [1.165, 1.54) is 11.1 Å². The van der Waals surface area contributed by atoms with Crippen molar-refractivity contribution in [3.8, 4) is 0 Å². The molecule has 3 heterocycles. The molecule has 1 aromatic carbocycles. The van der Waals surface area contributed by atoms with E-state index < -0.39 is 25.7 Å². The number of nitrogens with zero attached hydrogens (tertiary/aromatic N) is 4. The molecular formula is C30H42ClFN4O3Si. The monoisotopic (exact) mass is 588 g/mol. The second kappa shape index (κ2) is 12.3. The number of ether oxygens (including phenoxy) is 1. The quantitative estimate of drug-likeness (QED) is 0.187. The molecule has 2 aliphatic heterocycles. The number of aliphatic hydroxyl groups is 1. The molecule has 218 valence electrons. The van der Waals surface area contributed by atoms with Gasteiger partial charge in [-0.1, -0.05) is 47.0 Å². The summed E-state index contributed by atoms with van der Waals surface area (Å²) >= 11 is 6.47. The number of rotatable bonds is 11. The summed E-state index contributed by atoms with van der Waals surface area (Å²) in [5.41, 5.74) is 3.02. The summed E-state index contributed by atoms with van der Waals surface area (Å²) in [6.07, 6.45) is 8.45. The summed E-state index contributed by atoms with van der Waals surface area (Å²) in [4.78, 5) is 16.1. The number of benzene rings is 1. The smallest absolute Gasteiger partial charge is 0.264 e. The summed E-state index contributed by atoms with van der Waals surface area (Å²) in [5, 5.41) is 18.0. The van der Waals surface area contributed by atoms with Crippen LogP contribution in [-0.2, 0) is 28.1 Å². The molecule has 1 fully saturated rings. The van der Waals surface area contributed by atoms with E-state index in [0.29, 0.717) is 36.6 Å². The van der Waals surface area contributed by atoms with Gasteiger partial charge in [-0.05, 0) is 71.3 Å². The molecule has 1 N–H and O–H groups in total. The van der Waals surface area contributed by atoms with Gasteiger partial charge in [-0.2, -0.15) is 0 Å². The fourth-order valence-electron chi connectivity index (χ4n) is 6.34. The number of anilines is 1. The standard InChI is InChI=1S/C30H42ClFN4O3Si/c1-20(2)8-7-9-21(3)12-16-36-26-11-10-23(31)18-25(26)30(29(36)38)22(4)28(40(5,6)32)27(39-30)13-15-35-19-24(14-17-37)33-34-35/h8,10-12,18-19,22,27-28,37H,7,9,13-17H2,1-6H3/b21-12+/t22-,27+,28-,30+/m1/s1. The Kier molecular flexibility index (Phi) is 9.39. The van der Waals surface area contributed by atoms with Crippen molar-refractivity contribution >= 4 is 31.6 Å². The van der Waals surface area contributed by atoms with Crippen LogP contribution in [-0.4, -0.2) is 53.7 Å². The van der Waals surface area contributed by atoms with Crippen molar-refractivity contribution in [3.05, 3.63) is 64.0 Å². The zero-order chi connectivity index (χ0) is 29.2. The van der Waals surface area contributed by atoms with Crippen molar-refractivity contribution in [2.24, 2.45) is 5.92 Å². The lowest BCUT2D eigenvalue weighted by molar-refractivity contribution is -0.145. The van der Waals surface area contributed by atoms with E-state index in [2.05, 4.69) is 43.2 Å². The number of aromatic nitrogens is 3. The second-order valence-electron chi connectivity index (χ2n) is 12.0. The Labute approximate surface area is 243 Å². The third-order valence-corrected chi connectivity index (χ3v) is 10.9. The number of carbonyl (C=O) groups excluding carboxylic acids is 1. The number of carbonyl (C=O) groups is 1. The Hall–Kier alpha value is -2.33. The molecule has 1 aromatic heterocycles. The minimum atomic E-state index is -3.26. The molecule has 0 radical (unpaired) electrons. The topological polar surface area (TPSA) is 80.5 Å². The Morgan fingerprint density at radius 3 is 2.70 bits per heavy atom. The maximum absolute atomic E-state index is 16.0. The number of aliphatic hydroxyl groups excluding tert-OH is 1. The van der Waals surface area contributed by atoms with Gasteiger partial charge in [0.2, 0.25) is 8.41 Å². The van der Waals surface area contributed by atoms with Gasteiger partial charge in [0.25, 0.3) is 5.91 Å². The third kappa shape index (κ3) is 6.12. The van der Waals surface area contributed by atoms with Crippen LogP contribution < -0.4 is 4.90 Å². The highest BCUT2D eigenvalue weighted by atomic mass is 35.5. The zero-order valence-electron chi connectivity index (χ0n) is 24.5. The molecule has 1 spiro atoms. The lowest BCUT2D eigenvalue weighted by Gasteiger charge is -2.31. The number of aryl methyl sites for hydroxylation is 1. The highest BCUT2D eigenvalue weighted by Crippen LogP contribution is 2.60. The van der Waals surface area contributed by atoms with Gasteiger partial charge < -0.3 is 18.9 Å². The fraction of sp³-hybridized carbons (Fsp3) is 0.567. The van der Waals surface area contributed by atoms with Crippen LogP contribution in [0.3, 0.4) is 0 Å². The summed E-state index contributed by atoms with van der Waals surface area (Å²) in [6, 6.07) is 5.49. The molecule has 2 aliphatic rings. The van der Waals surface area contributed by atoms with E-state index >= 15 is 4.11 Å². The normalized spacial score (nSPS) is 24.7. The van der Waals surface area contributed by atoms with Crippen molar-refractivity contribution < 1.29 is 18.7 Å². The molecule has 7 nitrogen and oxygen atoms in total. The highest BCUT2D eigenvalue weighted by molar-refractivity contribution is 6.72. The minimum Gasteiger partial charge on any atom is -0.396 e. The maximum Gasteiger partial charge on any atom is 0.264 e. The SMILES string of the molecule is CC(C)=CCC/C(C)=C/CN1C(=O)[C@@]2(O[C@@H](CCn3cc(CCO)nn3)[C@H]([Si](C)(C)F)[C@H]2C)c2cc(Cl)ccc21. The lowest BCUT2D eigenvalue weighted by Crippen LogP contribution is -2.45. The van der Waals surface area contributed by atoms with Crippen LogP contribution in [0.1, 0.15) is 58.2 Å². The van der Waals surface area contributed by atoms with Gasteiger partial charge in [0, 0.05) is 54.4 Å². The summed E-state index contributed by atoms with van der Waals surface area (Å²) in [6.45, 7) is 12.5. The maximum atomic E-state index is 16.0. The average molecular weight is 589 g/mol. The molecule has 0 unspecified atom stereocenters. The molecular weight excluding hydrogens is 547 g/mol. The number of allylic oxidation sites excluding steroid dienone is 3. The molecule has 0 aliphatic carbocycles. The highest BCUT2D eigenvalue weighted by Gasteiger charge is 2.66. The van der Waals surface area contributed by atoms with E-state index in [1.54, 1.807) is 34.9 Å². The first-order chi connectivity index (χ1) is 18.9. The number of halogens is 2. The summed E-state index contributed by atoms with van der Waals surface area (Å²) in [5.74, 6) is -0.523. The Balaban J connectivity index is 1.64. The second-order valence-corrected chi connectivity index (χ2v) is 16.2. The predicted molar refractivity (Wildman–Crippen MR) is 160 cm³/mol. The van der Waals surface area contributed by atoms with Gasteiger partial charge >= 0.3 is 0 Å². The van der Waals surface area contributed by atoms with E-state index in [-0.39, 0.29) is 18.4 Å². The molecule has 0 bridgehead atoms. The first-order valence-electron chi connectivity index (χ1n) is 14.2.